The number of anilines is 1. The van der Waals surface area contributed by atoms with E-state index in [1.165, 1.54) is 11.1 Å². The van der Waals surface area contributed by atoms with Gasteiger partial charge >= 0.3 is 0 Å². The van der Waals surface area contributed by atoms with Crippen molar-refractivity contribution in [2.24, 2.45) is 17.8 Å². The lowest BCUT2D eigenvalue weighted by Crippen LogP contribution is -2.49. The quantitative estimate of drug-likeness (QED) is 0.426. The van der Waals surface area contributed by atoms with E-state index in [0.29, 0.717) is 25.4 Å². The number of nitrogens with one attached hydrogen (secondary N) is 1. The van der Waals surface area contributed by atoms with Gasteiger partial charge in [0.05, 0.1) is 24.2 Å². The molecule has 2 aliphatic carbocycles. The topological polar surface area (TPSA) is 116 Å². The Morgan fingerprint density at radius 1 is 1.17 bits per heavy atom. The van der Waals surface area contributed by atoms with Crippen molar-refractivity contribution in [3.63, 3.8) is 0 Å². The summed E-state index contributed by atoms with van der Waals surface area (Å²) in [4.78, 5) is 15.5. The molecule has 2 aliphatic heterocycles. The summed E-state index contributed by atoms with van der Waals surface area (Å²) in [6.07, 6.45) is 7.93. The number of aliphatic hydroxyl groups excluding tert-OH is 2. The van der Waals surface area contributed by atoms with E-state index in [1.54, 1.807) is 30.4 Å². The van der Waals surface area contributed by atoms with E-state index in [1.807, 2.05) is 6.07 Å². The number of sulfonamides is 1. The maximum atomic E-state index is 13.2. The number of fused-ring (bicyclic) bond motifs is 4. The minimum absolute atomic E-state index is 0.0722. The monoisotopic (exact) mass is 600 g/mol. The lowest BCUT2D eigenvalue weighted by Gasteiger charge is -2.45. The lowest BCUT2D eigenvalue weighted by atomic mass is 9.68. The fourth-order valence-electron chi connectivity index (χ4n) is 7.11. The molecule has 6 rings (SSSR count). The first-order valence-electron chi connectivity index (χ1n) is 14.5. The van der Waals surface area contributed by atoms with Crippen molar-refractivity contribution in [1.82, 2.24) is 4.72 Å². The third-order valence-electron chi connectivity index (χ3n) is 9.43. The molecule has 8 nitrogen and oxygen atoms in total. The molecule has 1 amide bonds. The van der Waals surface area contributed by atoms with E-state index < -0.39 is 33.7 Å². The van der Waals surface area contributed by atoms with Crippen LogP contribution in [0, 0.1) is 17.8 Å². The smallest absolute Gasteiger partial charge is 0.264 e. The number of halogens is 1. The molecule has 2 aromatic rings. The minimum atomic E-state index is -4.00. The third kappa shape index (κ3) is 5.74. The number of aryl methyl sites for hydroxylation is 1. The summed E-state index contributed by atoms with van der Waals surface area (Å²) in [5.41, 5.74) is 3.18. The Balaban J connectivity index is 1.41. The van der Waals surface area contributed by atoms with Gasteiger partial charge in [-0.2, -0.15) is 0 Å². The molecular formula is C31H37ClN2O6S. The van der Waals surface area contributed by atoms with Gasteiger partial charge in [-0.3, -0.25) is 4.79 Å². The number of aliphatic hydroxyl groups is 2. The van der Waals surface area contributed by atoms with E-state index in [9.17, 15) is 23.4 Å². The first-order chi connectivity index (χ1) is 19.7. The zero-order valence-corrected chi connectivity index (χ0v) is 24.5. The van der Waals surface area contributed by atoms with Crippen LogP contribution >= 0.6 is 11.6 Å². The molecule has 0 aromatic heterocycles. The highest BCUT2D eigenvalue weighted by Gasteiger charge is 2.44. The third-order valence-corrected chi connectivity index (χ3v) is 11.1. The average Bonchev–Trinajstić information content (AvgIpc) is 3.06. The van der Waals surface area contributed by atoms with Gasteiger partial charge in [-0.25, -0.2) is 13.1 Å². The van der Waals surface area contributed by atoms with E-state index in [4.69, 9.17) is 16.3 Å². The predicted molar refractivity (Wildman–Crippen MR) is 158 cm³/mol. The van der Waals surface area contributed by atoms with Gasteiger partial charge in [0.1, 0.15) is 5.75 Å². The molecule has 0 radical (unpaired) electrons. The lowest BCUT2D eigenvalue weighted by molar-refractivity contribution is 0.0455. The second-order valence-electron chi connectivity index (χ2n) is 12.2. The van der Waals surface area contributed by atoms with Gasteiger partial charge in [-0.15, -0.1) is 0 Å². The number of amides is 1. The Kier molecular flexibility index (Phi) is 7.82. The summed E-state index contributed by atoms with van der Waals surface area (Å²) >= 11 is 6.36. The summed E-state index contributed by atoms with van der Waals surface area (Å²) < 4.78 is 34.4. The highest BCUT2D eigenvalue weighted by molar-refractivity contribution is 7.90. The van der Waals surface area contributed by atoms with Gasteiger partial charge in [0.2, 0.25) is 10.0 Å². The molecule has 2 heterocycles. The van der Waals surface area contributed by atoms with E-state index in [0.717, 1.165) is 42.8 Å². The number of ether oxygens (including phenoxy) is 1. The van der Waals surface area contributed by atoms with Gasteiger partial charge in [-0.1, -0.05) is 29.8 Å². The Bertz CT molecular complexity index is 1460. The Morgan fingerprint density at radius 3 is 2.80 bits per heavy atom. The van der Waals surface area contributed by atoms with Crippen molar-refractivity contribution in [2.75, 3.05) is 37.0 Å². The molecule has 1 saturated carbocycles. The normalized spacial score (nSPS) is 32.0. The highest BCUT2D eigenvalue weighted by Crippen LogP contribution is 2.46. The standard InChI is InChI=1S/C31H37ClN2O6S/c32-24-8-10-26-21(13-24)4-2-12-31(26)18-34-15-23-6-9-25(23)28(36)5-1-3-20(16-35)17-41(38,39)33-30(37)22-7-11-29(40-19-31)27(34)14-22/h1,5,7-8,10-11,13-14,20,23,25,28,35-36H,2-4,6,9,12,15-19H2,(H,33,37)/b5-1+/t20-,23+,25-,28-,31+/m1/s1. The number of allylic oxidation sites excluding steroid dienone is 1. The first kappa shape index (κ1) is 28.5. The molecule has 3 N–H and O–H groups in total. The second kappa shape index (κ2) is 11.2. The molecule has 0 saturated heterocycles. The number of carbonyl (C=O) groups is 1. The van der Waals surface area contributed by atoms with Crippen LogP contribution in [0.1, 0.15) is 53.6 Å². The first-order valence-corrected chi connectivity index (χ1v) is 16.5. The fraction of sp³-hybridized carbons (Fsp3) is 0.516. The Hall–Kier alpha value is -2.59. The molecule has 2 bridgehead atoms. The summed E-state index contributed by atoms with van der Waals surface area (Å²) in [6, 6.07) is 11.2. The van der Waals surface area contributed by atoms with Gasteiger partial charge in [-0.05, 0) is 91.8 Å². The summed E-state index contributed by atoms with van der Waals surface area (Å²) in [5.74, 6) is -0.725. The van der Waals surface area contributed by atoms with Crippen LogP contribution in [0.5, 0.6) is 5.75 Å². The number of rotatable bonds is 1. The van der Waals surface area contributed by atoms with Crippen LogP contribution in [0.2, 0.25) is 5.02 Å². The Morgan fingerprint density at radius 2 is 2.02 bits per heavy atom. The largest absolute Gasteiger partial charge is 0.490 e. The molecule has 0 unspecified atom stereocenters. The summed E-state index contributed by atoms with van der Waals surface area (Å²) in [5, 5.41) is 21.5. The van der Waals surface area contributed by atoms with E-state index in [-0.39, 0.29) is 35.8 Å². The van der Waals surface area contributed by atoms with E-state index in [2.05, 4.69) is 21.8 Å². The van der Waals surface area contributed by atoms with Crippen LogP contribution in [-0.2, 0) is 21.9 Å². The zero-order chi connectivity index (χ0) is 28.8. The molecule has 1 fully saturated rings. The molecule has 5 atom stereocenters. The van der Waals surface area contributed by atoms with Gasteiger partial charge in [0.15, 0.2) is 0 Å². The predicted octanol–water partition coefficient (Wildman–Crippen LogP) is 3.83. The van der Waals surface area contributed by atoms with Crippen molar-refractivity contribution in [3.8, 4) is 5.75 Å². The van der Waals surface area contributed by atoms with Crippen molar-refractivity contribution in [3.05, 3.63) is 70.3 Å². The SMILES string of the molecule is O=C1NS(=O)(=O)C[C@@H](CO)C/C=C/[C@@H](O)[C@@H]2CC[C@H]2CN2C[C@@]3(CCCc4cc(Cl)ccc43)COc3ccc1cc32. The fourth-order valence-corrected chi connectivity index (χ4v) is 8.65. The molecular weight excluding hydrogens is 564 g/mol. The van der Waals surface area contributed by atoms with Crippen LogP contribution < -0.4 is 14.4 Å². The van der Waals surface area contributed by atoms with E-state index >= 15 is 0 Å². The summed E-state index contributed by atoms with van der Waals surface area (Å²) in [6.45, 7) is 1.49. The van der Waals surface area contributed by atoms with Crippen LogP contribution in [0.15, 0.2) is 48.6 Å². The zero-order valence-electron chi connectivity index (χ0n) is 23.0. The molecule has 220 valence electrons. The van der Waals surface area contributed by atoms with Gasteiger partial charge in [0, 0.05) is 41.6 Å². The molecule has 4 aliphatic rings. The Labute approximate surface area is 246 Å². The van der Waals surface area contributed by atoms with Gasteiger partial charge < -0.3 is 19.8 Å². The molecule has 10 heteroatoms. The minimum Gasteiger partial charge on any atom is -0.490 e. The maximum Gasteiger partial charge on any atom is 0.264 e. The molecule has 41 heavy (non-hydrogen) atoms. The molecule has 2 aromatic carbocycles. The van der Waals surface area contributed by atoms with Crippen molar-refractivity contribution in [1.29, 1.82) is 0 Å². The van der Waals surface area contributed by atoms with Crippen molar-refractivity contribution in [2.45, 2.75) is 50.0 Å². The molecule has 1 spiro atoms. The number of benzene rings is 2. The highest BCUT2D eigenvalue weighted by atomic mass is 35.5. The van der Waals surface area contributed by atoms with Crippen molar-refractivity contribution >= 4 is 33.2 Å². The maximum absolute atomic E-state index is 13.2. The second-order valence-corrected chi connectivity index (χ2v) is 14.4. The van der Waals surface area contributed by atoms with Crippen LogP contribution in [-0.4, -0.2) is 62.7 Å². The number of nitrogens with zero attached hydrogens (tertiary/aromatic N) is 1. The summed E-state index contributed by atoms with van der Waals surface area (Å²) in [7, 11) is -4.00. The number of hydrogen-bond acceptors (Lipinski definition) is 7. The number of carbonyl (C=O) groups excluding carboxylic acids is 1. The van der Waals surface area contributed by atoms with Gasteiger partial charge in [0.25, 0.3) is 5.91 Å². The van der Waals surface area contributed by atoms with Crippen LogP contribution in [0.3, 0.4) is 0 Å². The number of hydrogen-bond donors (Lipinski definition) is 3. The van der Waals surface area contributed by atoms with Crippen molar-refractivity contribution < 1.29 is 28.2 Å². The van der Waals surface area contributed by atoms with Crippen LogP contribution in [0.25, 0.3) is 0 Å². The average molecular weight is 601 g/mol. The van der Waals surface area contributed by atoms with Crippen LogP contribution in [0.4, 0.5) is 5.69 Å².